The van der Waals surface area contributed by atoms with Crippen molar-refractivity contribution in [2.24, 2.45) is 5.92 Å². The fraction of sp³-hybridized carbons (Fsp3) is 0.933. The second-order valence-corrected chi connectivity index (χ2v) is 6.84. The molecule has 1 saturated carbocycles. The predicted octanol–water partition coefficient (Wildman–Crippen LogP) is 2.98. The molecule has 2 aliphatic rings. The molecule has 18 heavy (non-hydrogen) atoms. The van der Waals surface area contributed by atoms with E-state index < -0.39 is 0 Å². The average Bonchev–Trinajstić information content (AvgIpc) is 2.86. The smallest absolute Gasteiger partial charge is 0.323 e. The Balaban J connectivity index is 1.88. The van der Waals surface area contributed by atoms with Gasteiger partial charge in [-0.05, 0) is 58.9 Å². The molecule has 0 aromatic heterocycles. The van der Waals surface area contributed by atoms with Crippen LogP contribution in [0.5, 0.6) is 0 Å². The van der Waals surface area contributed by atoms with Crippen LogP contribution in [0.1, 0.15) is 59.3 Å². The van der Waals surface area contributed by atoms with Gasteiger partial charge in [0.15, 0.2) is 0 Å². The molecule has 1 saturated heterocycles. The molecule has 0 radical (unpaired) electrons. The quantitative estimate of drug-likeness (QED) is 0.724. The van der Waals surface area contributed by atoms with Crippen LogP contribution in [0.3, 0.4) is 0 Å². The van der Waals surface area contributed by atoms with E-state index in [2.05, 4.69) is 4.90 Å². The van der Waals surface area contributed by atoms with Crippen LogP contribution in [0.25, 0.3) is 0 Å². The van der Waals surface area contributed by atoms with Crippen LogP contribution in [0.2, 0.25) is 0 Å². The minimum Gasteiger partial charge on any atom is -0.459 e. The van der Waals surface area contributed by atoms with Gasteiger partial charge < -0.3 is 4.74 Å². The average molecular weight is 253 g/mol. The van der Waals surface area contributed by atoms with Gasteiger partial charge >= 0.3 is 5.97 Å². The molecule has 2 fully saturated rings. The number of carbonyl (C=O) groups excluding carboxylic acids is 1. The Hall–Kier alpha value is -0.570. The van der Waals surface area contributed by atoms with E-state index in [4.69, 9.17) is 4.74 Å². The third-order valence-electron chi connectivity index (χ3n) is 4.01. The summed E-state index contributed by atoms with van der Waals surface area (Å²) in [6, 6.07) is 0.0184. The second kappa shape index (κ2) is 5.60. The van der Waals surface area contributed by atoms with Crippen molar-refractivity contribution in [1.82, 2.24) is 4.90 Å². The number of carbonyl (C=O) groups is 1. The molecule has 1 atom stereocenters. The summed E-state index contributed by atoms with van der Waals surface area (Å²) in [5, 5.41) is 0. The van der Waals surface area contributed by atoms with Crippen molar-refractivity contribution >= 4 is 5.97 Å². The van der Waals surface area contributed by atoms with Gasteiger partial charge in [-0.1, -0.05) is 12.8 Å². The Morgan fingerprint density at radius 3 is 2.44 bits per heavy atom. The number of hydrogen-bond acceptors (Lipinski definition) is 3. The van der Waals surface area contributed by atoms with E-state index in [-0.39, 0.29) is 17.6 Å². The summed E-state index contributed by atoms with van der Waals surface area (Å²) in [7, 11) is 0. The van der Waals surface area contributed by atoms with Crippen LogP contribution in [-0.2, 0) is 9.53 Å². The van der Waals surface area contributed by atoms with E-state index in [1.807, 2.05) is 20.8 Å². The molecule has 0 amide bonds. The number of likely N-dealkylation sites (tertiary alicyclic amines) is 1. The third kappa shape index (κ3) is 3.71. The van der Waals surface area contributed by atoms with Gasteiger partial charge in [0.2, 0.25) is 0 Å². The lowest BCUT2D eigenvalue weighted by molar-refractivity contribution is -0.160. The lowest BCUT2D eigenvalue weighted by Gasteiger charge is -2.28. The maximum atomic E-state index is 12.2. The zero-order valence-electron chi connectivity index (χ0n) is 12.1. The van der Waals surface area contributed by atoms with E-state index in [0.717, 1.165) is 31.8 Å². The van der Waals surface area contributed by atoms with Gasteiger partial charge in [0.1, 0.15) is 11.6 Å². The predicted molar refractivity (Wildman–Crippen MR) is 72.4 cm³/mol. The van der Waals surface area contributed by atoms with E-state index >= 15 is 0 Å². The van der Waals surface area contributed by atoms with E-state index in [1.165, 1.54) is 25.7 Å². The first-order chi connectivity index (χ1) is 8.46. The Bertz CT molecular complexity index is 289. The first-order valence-electron chi connectivity index (χ1n) is 7.42. The topological polar surface area (TPSA) is 29.5 Å². The van der Waals surface area contributed by atoms with Crippen LogP contribution in [0, 0.1) is 5.92 Å². The van der Waals surface area contributed by atoms with Crippen molar-refractivity contribution in [3.63, 3.8) is 0 Å². The number of rotatable bonds is 3. The van der Waals surface area contributed by atoms with Crippen LogP contribution >= 0.6 is 0 Å². The summed E-state index contributed by atoms with van der Waals surface area (Å²) in [5.41, 5.74) is -0.362. The van der Waals surface area contributed by atoms with Gasteiger partial charge in [0.05, 0.1) is 0 Å². The molecule has 1 heterocycles. The van der Waals surface area contributed by atoms with Gasteiger partial charge in [0, 0.05) is 6.54 Å². The van der Waals surface area contributed by atoms with Crippen LogP contribution < -0.4 is 0 Å². The fourth-order valence-electron chi connectivity index (χ4n) is 3.21. The van der Waals surface area contributed by atoms with E-state index in [1.54, 1.807) is 0 Å². The Morgan fingerprint density at radius 1 is 1.17 bits per heavy atom. The zero-order chi connectivity index (χ0) is 13.2. The largest absolute Gasteiger partial charge is 0.459 e. The zero-order valence-corrected chi connectivity index (χ0v) is 12.1. The van der Waals surface area contributed by atoms with Crippen molar-refractivity contribution < 1.29 is 9.53 Å². The molecule has 1 aliphatic heterocycles. The summed E-state index contributed by atoms with van der Waals surface area (Å²) in [4.78, 5) is 14.5. The number of esters is 1. The lowest BCUT2D eigenvalue weighted by atomic mass is 10.1. The Morgan fingerprint density at radius 2 is 1.83 bits per heavy atom. The van der Waals surface area contributed by atoms with Crippen molar-refractivity contribution in [1.29, 1.82) is 0 Å². The Kier molecular flexibility index (Phi) is 4.31. The van der Waals surface area contributed by atoms with Crippen molar-refractivity contribution in [3.05, 3.63) is 0 Å². The highest BCUT2D eigenvalue weighted by molar-refractivity contribution is 5.76. The summed E-state index contributed by atoms with van der Waals surface area (Å²) in [5.74, 6) is 0.797. The highest BCUT2D eigenvalue weighted by Gasteiger charge is 2.35. The van der Waals surface area contributed by atoms with Crippen molar-refractivity contribution in [2.75, 3.05) is 13.1 Å². The van der Waals surface area contributed by atoms with Crippen LogP contribution in [-0.4, -0.2) is 35.6 Å². The lowest BCUT2D eigenvalue weighted by Crippen LogP contribution is -2.42. The molecular formula is C15H27NO2. The van der Waals surface area contributed by atoms with E-state index in [9.17, 15) is 4.79 Å². The van der Waals surface area contributed by atoms with Crippen LogP contribution in [0.15, 0.2) is 0 Å². The molecule has 104 valence electrons. The third-order valence-corrected chi connectivity index (χ3v) is 4.01. The van der Waals surface area contributed by atoms with Crippen molar-refractivity contribution in [3.8, 4) is 0 Å². The normalized spacial score (nSPS) is 26.7. The molecule has 2 rings (SSSR count). The maximum Gasteiger partial charge on any atom is 0.323 e. The second-order valence-electron chi connectivity index (χ2n) is 6.84. The van der Waals surface area contributed by atoms with Crippen molar-refractivity contribution in [2.45, 2.75) is 70.9 Å². The summed E-state index contributed by atoms with van der Waals surface area (Å²) < 4.78 is 5.54. The minimum atomic E-state index is -0.362. The van der Waals surface area contributed by atoms with Gasteiger partial charge in [-0.2, -0.15) is 0 Å². The number of ether oxygens (including phenoxy) is 1. The molecule has 0 bridgehead atoms. The molecule has 1 aliphatic carbocycles. The van der Waals surface area contributed by atoms with Gasteiger partial charge in [0.25, 0.3) is 0 Å². The fourth-order valence-corrected chi connectivity index (χ4v) is 3.21. The molecule has 3 nitrogen and oxygen atoms in total. The molecule has 0 aromatic carbocycles. The standard InChI is InChI=1S/C15H27NO2/c1-15(2,3)18-14(17)13-9-6-10-16(13)11-12-7-4-5-8-12/h12-13H,4-11H2,1-3H3/t13-/m0/s1. The first-order valence-corrected chi connectivity index (χ1v) is 7.42. The summed E-state index contributed by atoms with van der Waals surface area (Å²) >= 11 is 0. The number of hydrogen-bond donors (Lipinski definition) is 0. The molecule has 0 N–H and O–H groups in total. The van der Waals surface area contributed by atoms with Gasteiger partial charge in [-0.15, -0.1) is 0 Å². The molecule has 0 unspecified atom stereocenters. The monoisotopic (exact) mass is 253 g/mol. The maximum absolute atomic E-state index is 12.2. The number of nitrogens with zero attached hydrogens (tertiary/aromatic N) is 1. The van der Waals surface area contributed by atoms with Crippen LogP contribution in [0.4, 0.5) is 0 Å². The van der Waals surface area contributed by atoms with E-state index in [0.29, 0.717) is 0 Å². The first kappa shape index (κ1) is 13.9. The molecular weight excluding hydrogens is 226 g/mol. The highest BCUT2D eigenvalue weighted by atomic mass is 16.6. The molecule has 3 heteroatoms. The SMILES string of the molecule is CC(C)(C)OC(=O)[C@@H]1CCCN1CC1CCCC1. The van der Waals surface area contributed by atoms with Gasteiger partial charge in [-0.3, -0.25) is 9.69 Å². The molecule has 0 aromatic rings. The molecule has 0 spiro atoms. The summed E-state index contributed by atoms with van der Waals surface area (Å²) in [6.07, 6.45) is 7.54. The highest BCUT2D eigenvalue weighted by Crippen LogP contribution is 2.29. The minimum absolute atomic E-state index is 0.0157. The summed E-state index contributed by atoms with van der Waals surface area (Å²) in [6.45, 7) is 8.01. The van der Waals surface area contributed by atoms with Gasteiger partial charge in [-0.25, -0.2) is 0 Å². The Labute approximate surface area is 111 Å².